The number of hydrogen-bond donors (Lipinski definition) is 0. The van der Waals surface area contributed by atoms with Gasteiger partial charge in [-0.15, -0.1) is 0 Å². The fourth-order valence-electron chi connectivity index (χ4n) is 3.24. The average molecular weight is 301 g/mol. The summed E-state index contributed by atoms with van der Waals surface area (Å²) in [5.41, 5.74) is 2.23. The van der Waals surface area contributed by atoms with Gasteiger partial charge < -0.3 is 0 Å². The Morgan fingerprint density at radius 3 is 2.33 bits per heavy atom. The Bertz CT molecular complexity index is 755. The highest BCUT2D eigenvalue weighted by Crippen LogP contribution is 2.42. The van der Waals surface area contributed by atoms with E-state index in [1.54, 1.807) is 6.07 Å². The van der Waals surface area contributed by atoms with E-state index in [9.17, 15) is 8.42 Å². The first-order chi connectivity index (χ1) is 9.68. The zero-order valence-electron chi connectivity index (χ0n) is 10.9. The van der Waals surface area contributed by atoms with Crippen LogP contribution in [0.25, 0.3) is 0 Å². The van der Waals surface area contributed by atoms with Crippen molar-refractivity contribution in [1.29, 1.82) is 0 Å². The van der Waals surface area contributed by atoms with Crippen LogP contribution in [0.4, 0.5) is 0 Å². The van der Waals surface area contributed by atoms with Gasteiger partial charge in [-0.3, -0.25) is 4.90 Å². The minimum Gasteiger partial charge on any atom is -0.276 e. The lowest BCUT2D eigenvalue weighted by Gasteiger charge is -2.44. The van der Waals surface area contributed by atoms with Gasteiger partial charge in [-0.05, 0) is 29.7 Å². The Hall–Kier alpha value is -1.65. The van der Waals surface area contributed by atoms with E-state index >= 15 is 0 Å². The molecule has 0 radical (unpaired) electrons. The second kappa shape index (κ2) is 4.97. The van der Waals surface area contributed by atoms with E-state index in [1.807, 2.05) is 36.4 Å². The summed E-state index contributed by atoms with van der Waals surface area (Å²) in [6.07, 6.45) is 0.726. The lowest BCUT2D eigenvalue weighted by atomic mass is 9.94. The van der Waals surface area contributed by atoms with Crippen molar-refractivity contribution in [2.45, 2.75) is 30.2 Å². The molecule has 0 N–H and O–H groups in total. The molecule has 1 saturated heterocycles. The molecule has 2 aliphatic heterocycles. The maximum atomic E-state index is 12.6. The van der Waals surface area contributed by atoms with Crippen LogP contribution < -0.4 is 0 Å². The SMILES string of the molecule is C.O=S1(=O)c2cccc(c2)C(c2ccccc2)N2CCC21. The van der Waals surface area contributed by atoms with Crippen molar-refractivity contribution in [3.63, 3.8) is 0 Å². The van der Waals surface area contributed by atoms with E-state index in [2.05, 4.69) is 17.0 Å². The minimum atomic E-state index is -3.21. The van der Waals surface area contributed by atoms with Crippen LogP contribution >= 0.6 is 0 Å². The Kier molecular flexibility index (Phi) is 3.38. The summed E-state index contributed by atoms with van der Waals surface area (Å²) in [6, 6.07) is 17.6. The third-order valence-electron chi connectivity index (χ3n) is 4.31. The van der Waals surface area contributed by atoms with Crippen LogP contribution in [0.1, 0.15) is 31.0 Å². The molecule has 2 aromatic rings. The smallest absolute Gasteiger partial charge is 0.194 e. The van der Waals surface area contributed by atoms with Crippen molar-refractivity contribution < 1.29 is 8.42 Å². The molecule has 1 fully saturated rings. The van der Waals surface area contributed by atoms with Gasteiger partial charge in [0.05, 0.1) is 10.9 Å². The van der Waals surface area contributed by atoms with Gasteiger partial charge in [0.15, 0.2) is 9.84 Å². The van der Waals surface area contributed by atoms with Gasteiger partial charge in [-0.1, -0.05) is 49.9 Å². The van der Waals surface area contributed by atoms with Crippen LogP contribution in [0.5, 0.6) is 0 Å². The van der Waals surface area contributed by atoms with Crippen LogP contribution in [0, 0.1) is 0 Å². The molecule has 110 valence electrons. The lowest BCUT2D eigenvalue weighted by Crippen LogP contribution is -2.52. The lowest BCUT2D eigenvalue weighted by molar-refractivity contribution is 0.110. The summed E-state index contributed by atoms with van der Waals surface area (Å²) < 4.78 is 25.2. The van der Waals surface area contributed by atoms with Crippen molar-refractivity contribution in [3.8, 4) is 0 Å². The molecular weight excluding hydrogens is 282 g/mol. The topological polar surface area (TPSA) is 37.4 Å². The monoisotopic (exact) mass is 301 g/mol. The fourth-order valence-corrected chi connectivity index (χ4v) is 5.12. The first-order valence-electron chi connectivity index (χ1n) is 6.82. The van der Waals surface area contributed by atoms with E-state index in [0.717, 1.165) is 24.1 Å². The van der Waals surface area contributed by atoms with Crippen molar-refractivity contribution >= 4 is 9.84 Å². The molecular formula is C17H19NO2S. The zero-order chi connectivity index (χ0) is 13.7. The highest BCUT2D eigenvalue weighted by Gasteiger charge is 2.46. The minimum absolute atomic E-state index is 0. The van der Waals surface area contributed by atoms with Crippen LogP contribution in [-0.4, -0.2) is 25.2 Å². The maximum Gasteiger partial charge on any atom is 0.194 e. The summed E-state index contributed by atoms with van der Waals surface area (Å²) in [5.74, 6) is 0. The number of nitrogens with zero attached hydrogens (tertiary/aromatic N) is 1. The standard InChI is InChI=1S/C16H15NO2S.CH4/c18-20(19)14-8-4-7-13(11-14)16(17-10-9-15(17)20)12-5-2-1-3-6-12;/h1-8,11,15-16H,9-10H2;1H4. The molecule has 0 amide bonds. The number of hydrogen-bond acceptors (Lipinski definition) is 3. The van der Waals surface area contributed by atoms with Gasteiger partial charge in [0, 0.05) is 6.54 Å². The van der Waals surface area contributed by atoms with Gasteiger partial charge in [0.2, 0.25) is 0 Å². The second-order valence-electron chi connectivity index (χ2n) is 5.41. The van der Waals surface area contributed by atoms with Crippen LogP contribution in [0.2, 0.25) is 0 Å². The average Bonchev–Trinajstić information content (AvgIpc) is 2.47. The Labute approximate surface area is 126 Å². The molecule has 2 heterocycles. The summed E-state index contributed by atoms with van der Waals surface area (Å²) in [7, 11) is -3.21. The number of fused-ring (bicyclic) bond motifs is 3. The highest BCUT2D eigenvalue weighted by atomic mass is 32.2. The van der Waals surface area contributed by atoms with Crippen LogP contribution in [0.15, 0.2) is 59.5 Å². The molecule has 0 spiro atoms. The Morgan fingerprint density at radius 1 is 0.952 bits per heavy atom. The molecule has 21 heavy (non-hydrogen) atoms. The largest absolute Gasteiger partial charge is 0.276 e. The van der Waals surface area contributed by atoms with E-state index < -0.39 is 9.84 Å². The van der Waals surface area contributed by atoms with Gasteiger partial charge in [0.25, 0.3) is 0 Å². The second-order valence-corrected chi connectivity index (χ2v) is 7.52. The van der Waals surface area contributed by atoms with E-state index in [0.29, 0.717) is 4.90 Å². The van der Waals surface area contributed by atoms with Gasteiger partial charge in [-0.2, -0.15) is 0 Å². The van der Waals surface area contributed by atoms with Crippen molar-refractivity contribution in [2.75, 3.05) is 6.54 Å². The van der Waals surface area contributed by atoms with Crippen LogP contribution in [-0.2, 0) is 9.84 Å². The zero-order valence-corrected chi connectivity index (χ0v) is 11.8. The normalized spacial score (nSPS) is 25.9. The molecule has 0 aromatic heterocycles. The first kappa shape index (κ1) is 14.3. The maximum absolute atomic E-state index is 12.6. The van der Waals surface area contributed by atoms with Crippen LogP contribution in [0.3, 0.4) is 0 Å². The van der Waals surface area contributed by atoms with E-state index in [-0.39, 0.29) is 18.8 Å². The predicted octanol–water partition coefficient (Wildman–Crippen LogP) is 3.23. The van der Waals surface area contributed by atoms with Crippen molar-refractivity contribution in [1.82, 2.24) is 4.90 Å². The third kappa shape index (κ3) is 2.01. The molecule has 2 aromatic carbocycles. The molecule has 2 unspecified atom stereocenters. The molecule has 0 aliphatic carbocycles. The molecule has 2 aliphatic rings. The number of benzene rings is 2. The summed E-state index contributed by atoms with van der Waals surface area (Å²) >= 11 is 0. The first-order valence-corrected chi connectivity index (χ1v) is 8.37. The van der Waals surface area contributed by atoms with E-state index in [4.69, 9.17) is 0 Å². The number of rotatable bonds is 1. The fraction of sp³-hybridized carbons (Fsp3) is 0.294. The Morgan fingerprint density at radius 2 is 1.67 bits per heavy atom. The van der Waals surface area contributed by atoms with E-state index in [1.165, 1.54) is 0 Å². The van der Waals surface area contributed by atoms with Crippen molar-refractivity contribution in [2.24, 2.45) is 0 Å². The summed E-state index contributed by atoms with van der Waals surface area (Å²) in [4.78, 5) is 2.57. The summed E-state index contributed by atoms with van der Waals surface area (Å²) in [5, 5.41) is -0.368. The third-order valence-corrected chi connectivity index (χ3v) is 6.45. The Balaban J connectivity index is 0.00000132. The molecule has 4 heteroatoms. The highest BCUT2D eigenvalue weighted by molar-refractivity contribution is 7.92. The van der Waals surface area contributed by atoms with Gasteiger partial charge >= 0.3 is 0 Å². The summed E-state index contributed by atoms with van der Waals surface area (Å²) in [6.45, 7) is 0.835. The predicted molar refractivity (Wildman–Crippen MR) is 83.8 cm³/mol. The molecule has 0 saturated carbocycles. The van der Waals surface area contributed by atoms with Gasteiger partial charge in [-0.25, -0.2) is 8.42 Å². The molecule has 2 bridgehead atoms. The molecule has 3 nitrogen and oxygen atoms in total. The quantitative estimate of drug-likeness (QED) is 0.811. The van der Waals surface area contributed by atoms with Gasteiger partial charge in [0.1, 0.15) is 5.37 Å². The molecule has 2 atom stereocenters. The molecule has 4 rings (SSSR count). The number of sulfone groups is 1. The van der Waals surface area contributed by atoms with Crippen molar-refractivity contribution in [3.05, 3.63) is 65.7 Å².